The van der Waals surface area contributed by atoms with Crippen LogP contribution < -0.4 is 0 Å². The van der Waals surface area contributed by atoms with Gasteiger partial charge in [-0.25, -0.2) is 9.97 Å². The number of benzene rings is 4. The van der Waals surface area contributed by atoms with Gasteiger partial charge in [-0.2, -0.15) is 0 Å². The first-order valence-corrected chi connectivity index (χ1v) is 15.1. The number of allylic oxidation sites excluding steroid dienone is 1. The van der Waals surface area contributed by atoms with Crippen LogP contribution in [0, 0.1) is 0 Å². The summed E-state index contributed by atoms with van der Waals surface area (Å²) in [6, 6.07) is 41.0. The zero-order valence-corrected chi connectivity index (χ0v) is 24.5. The highest BCUT2D eigenvalue weighted by Crippen LogP contribution is 2.45. The van der Waals surface area contributed by atoms with Crippen molar-refractivity contribution in [3.63, 3.8) is 0 Å². The minimum atomic E-state index is 0.0233. The van der Waals surface area contributed by atoms with Gasteiger partial charge in [-0.15, -0.1) is 0 Å². The summed E-state index contributed by atoms with van der Waals surface area (Å²) in [5, 5.41) is 0. The molecule has 1 aliphatic rings. The number of hydrogen-bond donors (Lipinski definition) is 0. The van der Waals surface area contributed by atoms with Gasteiger partial charge in [0.25, 0.3) is 0 Å². The summed E-state index contributed by atoms with van der Waals surface area (Å²) in [4.78, 5) is 14.5. The molecule has 0 N–H and O–H groups in total. The van der Waals surface area contributed by atoms with Crippen molar-refractivity contribution in [2.45, 2.75) is 51.4 Å². The van der Waals surface area contributed by atoms with Crippen molar-refractivity contribution in [2.24, 2.45) is 4.99 Å². The average Bonchev–Trinajstić information content (AvgIpc) is 3.08. The summed E-state index contributed by atoms with van der Waals surface area (Å²) in [6.45, 7) is 4.01. The van der Waals surface area contributed by atoms with E-state index in [-0.39, 0.29) is 5.41 Å². The molecule has 0 bridgehead atoms. The van der Waals surface area contributed by atoms with Crippen molar-refractivity contribution < 1.29 is 0 Å². The third-order valence-electron chi connectivity index (χ3n) is 8.54. The van der Waals surface area contributed by atoms with Crippen LogP contribution >= 0.6 is 0 Å². The second kappa shape index (κ2) is 12.5. The van der Waals surface area contributed by atoms with Crippen LogP contribution in [0.4, 0.5) is 0 Å². The maximum Gasteiger partial charge on any atom is 0.160 e. The molecule has 0 saturated heterocycles. The van der Waals surface area contributed by atoms with Gasteiger partial charge in [-0.05, 0) is 49.4 Å². The highest BCUT2D eigenvalue weighted by atomic mass is 14.9. The Labute approximate surface area is 249 Å². The van der Waals surface area contributed by atoms with Crippen LogP contribution in [0.2, 0.25) is 0 Å². The Hall–Kier alpha value is -4.63. The van der Waals surface area contributed by atoms with Gasteiger partial charge < -0.3 is 0 Å². The van der Waals surface area contributed by atoms with Gasteiger partial charge in [0.05, 0.1) is 17.1 Å². The van der Waals surface area contributed by atoms with E-state index < -0.39 is 0 Å². The van der Waals surface area contributed by atoms with E-state index in [1.54, 1.807) is 0 Å². The van der Waals surface area contributed by atoms with Crippen LogP contribution in [0.5, 0.6) is 0 Å². The van der Waals surface area contributed by atoms with Crippen molar-refractivity contribution in [1.82, 2.24) is 9.97 Å². The van der Waals surface area contributed by atoms with E-state index in [1.807, 2.05) is 44.3 Å². The summed E-state index contributed by atoms with van der Waals surface area (Å²) in [7, 11) is 0. The van der Waals surface area contributed by atoms with E-state index in [2.05, 4.69) is 102 Å². The van der Waals surface area contributed by atoms with Crippen molar-refractivity contribution >= 4 is 11.9 Å². The summed E-state index contributed by atoms with van der Waals surface area (Å²) in [5.74, 6) is 0.743. The van der Waals surface area contributed by atoms with Gasteiger partial charge >= 0.3 is 0 Å². The highest BCUT2D eigenvalue weighted by molar-refractivity contribution is 5.73. The second-order valence-electron chi connectivity index (χ2n) is 11.1. The molecule has 1 saturated carbocycles. The summed E-state index contributed by atoms with van der Waals surface area (Å²) >= 11 is 0. The molecule has 42 heavy (non-hydrogen) atoms. The van der Waals surface area contributed by atoms with Crippen LogP contribution in [0.3, 0.4) is 0 Å². The van der Waals surface area contributed by atoms with Crippen LogP contribution in [-0.4, -0.2) is 16.2 Å². The van der Waals surface area contributed by atoms with Crippen molar-refractivity contribution in [1.29, 1.82) is 0 Å². The van der Waals surface area contributed by atoms with Crippen LogP contribution in [-0.2, 0) is 5.41 Å². The Morgan fingerprint density at radius 1 is 0.619 bits per heavy atom. The van der Waals surface area contributed by atoms with Gasteiger partial charge in [0.15, 0.2) is 5.82 Å². The van der Waals surface area contributed by atoms with Crippen LogP contribution in [0.15, 0.2) is 126 Å². The van der Waals surface area contributed by atoms with Crippen LogP contribution in [0.1, 0.15) is 62.6 Å². The zero-order valence-electron chi connectivity index (χ0n) is 24.5. The molecule has 3 nitrogen and oxygen atoms in total. The number of hydrogen-bond acceptors (Lipinski definition) is 3. The highest BCUT2D eigenvalue weighted by Gasteiger charge is 2.35. The first kappa shape index (κ1) is 27.5. The minimum Gasteiger partial charge on any atom is -0.261 e. The van der Waals surface area contributed by atoms with E-state index >= 15 is 0 Å². The molecule has 0 unspecified atom stereocenters. The van der Waals surface area contributed by atoms with Gasteiger partial charge in [-0.3, -0.25) is 4.99 Å². The zero-order chi connectivity index (χ0) is 28.8. The largest absolute Gasteiger partial charge is 0.261 e. The predicted octanol–water partition coefficient (Wildman–Crippen LogP) is 10.2. The molecule has 0 aliphatic heterocycles. The number of aromatic nitrogens is 2. The Morgan fingerprint density at radius 3 is 1.69 bits per heavy atom. The molecule has 3 heteroatoms. The molecule has 4 aromatic carbocycles. The normalized spacial score (nSPS) is 15.1. The number of aliphatic imine (C=N–C) groups is 1. The lowest BCUT2D eigenvalue weighted by atomic mass is 9.65. The van der Waals surface area contributed by atoms with E-state index in [4.69, 9.17) is 9.97 Å². The van der Waals surface area contributed by atoms with E-state index in [0.29, 0.717) is 0 Å². The standard InChI is InChI=1S/C39H37N3/c1-3-35(40-4-2)30-18-22-33(23-19-30)39(26-12-7-13-27-39)34-24-20-31(21-25-34)37-28-36(29-14-8-5-9-15-29)41-38(42-37)32-16-10-6-11-17-32/h3-6,8-11,14-25,28H,7,12-13,26-27H2,1-2H3/b35-3-,40-4?. The molecule has 5 aromatic rings. The van der Waals surface area contributed by atoms with E-state index in [1.165, 1.54) is 43.2 Å². The fourth-order valence-electron chi connectivity index (χ4n) is 6.34. The lowest BCUT2D eigenvalue weighted by molar-refractivity contribution is 0.346. The molecule has 0 radical (unpaired) electrons. The molecule has 0 amide bonds. The third kappa shape index (κ3) is 5.60. The lowest BCUT2D eigenvalue weighted by Gasteiger charge is -2.39. The topological polar surface area (TPSA) is 38.1 Å². The average molecular weight is 548 g/mol. The first-order chi connectivity index (χ1) is 20.7. The molecule has 1 heterocycles. The van der Waals surface area contributed by atoms with Gasteiger partial charge in [0.1, 0.15) is 0 Å². The Bertz CT molecular complexity index is 1620. The Balaban J connectivity index is 1.39. The van der Waals surface area contributed by atoms with E-state index in [0.717, 1.165) is 45.2 Å². The number of nitrogens with zero attached hydrogens (tertiary/aromatic N) is 3. The van der Waals surface area contributed by atoms with Gasteiger partial charge in [-0.1, -0.05) is 135 Å². The molecule has 1 aromatic heterocycles. The van der Waals surface area contributed by atoms with Crippen LogP contribution in [0.25, 0.3) is 39.6 Å². The van der Waals surface area contributed by atoms with Crippen molar-refractivity contribution in [3.8, 4) is 33.9 Å². The first-order valence-electron chi connectivity index (χ1n) is 15.1. The maximum absolute atomic E-state index is 5.04. The van der Waals surface area contributed by atoms with Crippen molar-refractivity contribution in [2.75, 3.05) is 0 Å². The summed E-state index contributed by atoms with van der Waals surface area (Å²) in [5.41, 5.74) is 10.1. The molecule has 6 rings (SSSR count). The molecule has 0 spiro atoms. The fraction of sp³-hybridized carbons (Fsp3) is 0.205. The minimum absolute atomic E-state index is 0.0233. The molecule has 208 valence electrons. The second-order valence-corrected chi connectivity index (χ2v) is 11.1. The third-order valence-corrected chi connectivity index (χ3v) is 8.54. The maximum atomic E-state index is 5.04. The van der Waals surface area contributed by atoms with E-state index in [9.17, 15) is 0 Å². The Morgan fingerprint density at radius 2 is 1.14 bits per heavy atom. The molecular weight excluding hydrogens is 510 g/mol. The quantitative estimate of drug-likeness (QED) is 0.190. The van der Waals surface area contributed by atoms with Crippen molar-refractivity contribution in [3.05, 3.63) is 138 Å². The molecular formula is C39H37N3. The fourth-order valence-corrected chi connectivity index (χ4v) is 6.34. The smallest absolute Gasteiger partial charge is 0.160 e. The summed E-state index contributed by atoms with van der Waals surface area (Å²) in [6.07, 6.45) is 10.1. The summed E-state index contributed by atoms with van der Waals surface area (Å²) < 4.78 is 0. The van der Waals surface area contributed by atoms with Gasteiger partial charge in [0, 0.05) is 28.3 Å². The van der Waals surface area contributed by atoms with Gasteiger partial charge in [0.2, 0.25) is 0 Å². The SMILES string of the molecule is CC=N/C(=C\C)c1ccc(C2(c3ccc(-c4cc(-c5ccccc5)nc(-c5ccccc5)n4)cc3)CCCCC2)cc1. The Kier molecular flexibility index (Phi) is 8.18. The number of rotatable bonds is 7. The molecule has 1 fully saturated rings. The lowest BCUT2D eigenvalue weighted by Crippen LogP contribution is -2.30. The molecule has 0 atom stereocenters. The molecule has 1 aliphatic carbocycles. The predicted molar refractivity (Wildman–Crippen MR) is 176 cm³/mol. The monoisotopic (exact) mass is 547 g/mol.